The molecule has 260 valence electrons. The molecule has 0 bridgehead atoms. The van der Waals surface area contributed by atoms with Crippen LogP contribution in [0.3, 0.4) is 0 Å². The number of likely N-dealkylation sites (N-methyl/N-ethyl adjacent to an activating group) is 1. The number of rotatable bonds is 23. The van der Waals surface area contributed by atoms with E-state index in [9.17, 15) is 19.2 Å². The number of benzene rings is 2. The third kappa shape index (κ3) is 14.2. The molecule has 0 aliphatic heterocycles. The van der Waals surface area contributed by atoms with Gasteiger partial charge in [0.2, 0.25) is 11.8 Å². The molecule has 0 unspecified atom stereocenters. The summed E-state index contributed by atoms with van der Waals surface area (Å²) in [5.74, 6) is -1.49. The number of amides is 3. The molecule has 2 N–H and O–H groups in total. The Morgan fingerprint density at radius 2 is 1.42 bits per heavy atom. The lowest BCUT2D eigenvalue weighted by Gasteiger charge is -2.27. The van der Waals surface area contributed by atoms with Crippen molar-refractivity contribution in [2.24, 2.45) is 0 Å². The quantitative estimate of drug-likeness (QED) is 0.0827. The Hall–Kier alpha value is -4.27. The first-order chi connectivity index (χ1) is 23.4. The Bertz CT molecular complexity index is 1410. The number of ether oxygens (including phenoxy) is 1. The van der Waals surface area contributed by atoms with Crippen LogP contribution in [0.25, 0.3) is 10.9 Å². The van der Waals surface area contributed by atoms with Gasteiger partial charge in [0.05, 0.1) is 12.1 Å². The number of pyridine rings is 1. The molecule has 48 heavy (non-hydrogen) atoms. The summed E-state index contributed by atoms with van der Waals surface area (Å²) in [5.41, 5.74) is 1.75. The summed E-state index contributed by atoms with van der Waals surface area (Å²) in [4.78, 5) is 58.4. The van der Waals surface area contributed by atoms with Crippen molar-refractivity contribution < 1.29 is 23.9 Å². The fraction of sp³-hybridized carbons (Fsp3) is 0.513. The van der Waals surface area contributed by atoms with Crippen molar-refractivity contribution in [3.63, 3.8) is 0 Å². The Morgan fingerprint density at radius 3 is 2.10 bits per heavy atom. The van der Waals surface area contributed by atoms with Crippen LogP contribution in [-0.4, -0.2) is 59.8 Å². The fourth-order valence-corrected chi connectivity index (χ4v) is 5.65. The van der Waals surface area contributed by atoms with Crippen LogP contribution in [0.15, 0.2) is 66.7 Å². The van der Waals surface area contributed by atoms with Gasteiger partial charge in [0.15, 0.2) is 0 Å². The summed E-state index contributed by atoms with van der Waals surface area (Å²) in [6.45, 7) is 2.71. The Morgan fingerprint density at radius 1 is 0.771 bits per heavy atom. The molecule has 1 atom stereocenters. The van der Waals surface area contributed by atoms with Gasteiger partial charge in [-0.1, -0.05) is 126 Å². The van der Waals surface area contributed by atoms with E-state index in [4.69, 9.17) is 4.74 Å². The van der Waals surface area contributed by atoms with E-state index >= 15 is 0 Å². The smallest absolute Gasteiger partial charge is 0.306 e. The number of nitrogens with one attached hydrogen (secondary N) is 2. The molecular formula is C39H54N4O5. The Kier molecular flexibility index (Phi) is 17.8. The van der Waals surface area contributed by atoms with Crippen molar-refractivity contribution in [3.05, 3.63) is 78.0 Å². The van der Waals surface area contributed by atoms with Crippen LogP contribution in [0.1, 0.15) is 113 Å². The first-order valence-electron chi connectivity index (χ1n) is 17.8. The Labute approximate surface area is 286 Å². The van der Waals surface area contributed by atoms with E-state index in [0.717, 1.165) is 36.6 Å². The summed E-state index contributed by atoms with van der Waals surface area (Å²) in [7, 11) is 1.54. The van der Waals surface area contributed by atoms with Gasteiger partial charge in [-0.15, -0.1) is 0 Å². The highest BCUT2D eigenvalue weighted by molar-refractivity contribution is 5.98. The molecule has 9 nitrogen and oxygen atoms in total. The molecular weight excluding hydrogens is 604 g/mol. The number of carbonyl (C=O) groups excluding carboxylic acids is 4. The first kappa shape index (κ1) is 38.2. The van der Waals surface area contributed by atoms with E-state index in [1.54, 1.807) is 13.1 Å². The molecule has 1 heterocycles. The van der Waals surface area contributed by atoms with Gasteiger partial charge in [-0.05, 0) is 37.0 Å². The van der Waals surface area contributed by atoms with Crippen LogP contribution in [-0.2, 0) is 25.7 Å². The summed E-state index contributed by atoms with van der Waals surface area (Å²) in [5, 5.41) is 6.38. The lowest BCUT2D eigenvalue weighted by atomic mass is 10.1. The van der Waals surface area contributed by atoms with Gasteiger partial charge in [0.1, 0.15) is 18.3 Å². The number of hydrogen-bond acceptors (Lipinski definition) is 6. The minimum atomic E-state index is -0.940. The van der Waals surface area contributed by atoms with E-state index in [2.05, 4.69) is 22.5 Å². The van der Waals surface area contributed by atoms with Gasteiger partial charge >= 0.3 is 5.97 Å². The number of nitrogens with zero attached hydrogens (tertiary/aromatic N) is 2. The van der Waals surface area contributed by atoms with E-state index in [1.165, 1.54) is 49.8 Å². The molecule has 3 rings (SSSR count). The number of para-hydroxylation sites is 1. The van der Waals surface area contributed by atoms with Crippen LogP contribution in [0.4, 0.5) is 0 Å². The standard InChI is InChI=1S/C39H54N4O5/c1-3-4-5-6-7-8-9-10-11-12-18-28-43(29-36(44)40-2)39(47)35(24-19-25-37(45)48-30-31-20-14-13-15-21-31)42-38(46)34-27-26-32-22-16-17-23-33(32)41-34/h13-17,20-23,26-27,35H,3-12,18-19,24-25,28-30H2,1-2H3,(H,40,44)(H,42,46)/t35-/m0/s1. The average Bonchev–Trinajstić information content (AvgIpc) is 3.11. The largest absolute Gasteiger partial charge is 0.461 e. The molecule has 0 spiro atoms. The highest BCUT2D eigenvalue weighted by atomic mass is 16.5. The van der Waals surface area contributed by atoms with Crippen LogP contribution >= 0.6 is 0 Å². The van der Waals surface area contributed by atoms with Crippen LogP contribution < -0.4 is 10.6 Å². The second-order valence-electron chi connectivity index (χ2n) is 12.4. The van der Waals surface area contributed by atoms with Crippen LogP contribution in [0, 0.1) is 0 Å². The molecule has 0 saturated heterocycles. The number of unbranched alkanes of at least 4 members (excludes halogenated alkanes) is 10. The molecule has 0 fully saturated rings. The van der Waals surface area contributed by atoms with E-state index in [0.29, 0.717) is 18.5 Å². The molecule has 0 saturated carbocycles. The van der Waals surface area contributed by atoms with E-state index in [-0.39, 0.29) is 49.5 Å². The maximum Gasteiger partial charge on any atom is 0.306 e. The average molecular weight is 659 g/mol. The fourth-order valence-electron chi connectivity index (χ4n) is 5.65. The first-order valence-corrected chi connectivity index (χ1v) is 17.8. The normalized spacial score (nSPS) is 11.5. The third-order valence-corrected chi connectivity index (χ3v) is 8.51. The van der Waals surface area contributed by atoms with Crippen molar-refractivity contribution >= 4 is 34.6 Å². The SMILES string of the molecule is CCCCCCCCCCCCCN(CC(=O)NC)C(=O)[C@H](CCCC(=O)OCc1ccccc1)NC(=O)c1ccc2ccccc2n1. The van der Waals surface area contributed by atoms with Crippen LogP contribution in [0.5, 0.6) is 0 Å². The number of carbonyl (C=O) groups is 4. The minimum absolute atomic E-state index is 0.0920. The maximum atomic E-state index is 14.0. The molecule has 3 amide bonds. The van der Waals surface area contributed by atoms with E-state index in [1.807, 2.05) is 60.7 Å². The molecule has 3 aromatic rings. The zero-order valence-corrected chi connectivity index (χ0v) is 28.9. The van der Waals surface area contributed by atoms with Crippen molar-refractivity contribution in [3.8, 4) is 0 Å². The van der Waals surface area contributed by atoms with Crippen molar-refractivity contribution in [2.45, 2.75) is 109 Å². The summed E-state index contributed by atoms with van der Waals surface area (Å²) in [6, 6.07) is 19.4. The molecule has 9 heteroatoms. The molecule has 2 aromatic carbocycles. The van der Waals surface area contributed by atoms with Crippen molar-refractivity contribution in [1.29, 1.82) is 0 Å². The van der Waals surface area contributed by atoms with Gasteiger partial charge in [-0.25, -0.2) is 4.98 Å². The lowest BCUT2D eigenvalue weighted by molar-refractivity contribution is -0.145. The number of fused-ring (bicyclic) bond motifs is 1. The highest BCUT2D eigenvalue weighted by Gasteiger charge is 2.28. The maximum absolute atomic E-state index is 14.0. The van der Waals surface area contributed by atoms with Gasteiger partial charge < -0.3 is 20.3 Å². The second kappa shape index (κ2) is 22.3. The summed E-state index contributed by atoms with van der Waals surface area (Å²) < 4.78 is 5.41. The number of aromatic nitrogens is 1. The lowest BCUT2D eigenvalue weighted by Crippen LogP contribution is -2.51. The summed E-state index contributed by atoms with van der Waals surface area (Å²) >= 11 is 0. The number of esters is 1. The van der Waals surface area contributed by atoms with Gasteiger partial charge in [0, 0.05) is 25.4 Å². The topological polar surface area (TPSA) is 118 Å². The monoisotopic (exact) mass is 658 g/mol. The zero-order chi connectivity index (χ0) is 34.4. The van der Waals surface area contributed by atoms with Crippen molar-refractivity contribution in [1.82, 2.24) is 20.5 Å². The molecule has 0 aliphatic rings. The molecule has 0 aliphatic carbocycles. The van der Waals surface area contributed by atoms with Crippen molar-refractivity contribution in [2.75, 3.05) is 20.1 Å². The van der Waals surface area contributed by atoms with E-state index < -0.39 is 11.9 Å². The van der Waals surface area contributed by atoms with Gasteiger partial charge in [0.25, 0.3) is 5.91 Å². The molecule has 0 radical (unpaired) electrons. The number of hydrogen-bond donors (Lipinski definition) is 2. The van der Waals surface area contributed by atoms with Gasteiger partial charge in [-0.2, -0.15) is 0 Å². The van der Waals surface area contributed by atoms with Crippen LogP contribution in [0.2, 0.25) is 0 Å². The predicted octanol–water partition coefficient (Wildman–Crippen LogP) is 7.13. The second-order valence-corrected chi connectivity index (χ2v) is 12.4. The van der Waals surface area contributed by atoms with Gasteiger partial charge in [-0.3, -0.25) is 19.2 Å². The Balaban J connectivity index is 1.60. The minimum Gasteiger partial charge on any atom is -0.461 e. The third-order valence-electron chi connectivity index (χ3n) is 8.51. The summed E-state index contributed by atoms with van der Waals surface area (Å²) in [6.07, 6.45) is 13.6. The highest BCUT2D eigenvalue weighted by Crippen LogP contribution is 2.15. The zero-order valence-electron chi connectivity index (χ0n) is 28.9. The predicted molar refractivity (Wildman–Crippen MR) is 190 cm³/mol. The molecule has 1 aromatic heterocycles.